The molecule has 2 amide bonds. The zero-order valence-electron chi connectivity index (χ0n) is 23.9. The summed E-state index contributed by atoms with van der Waals surface area (Å²) in [5.74, 6) is 0.769. The number of amides is 2. The Hall–Kier alpha value is -3.92. The maximum absolute atomic E-state index is 14.1. The molecule has 1 saturated heterocycles. The fourth-order valence-corrected chi connectivity index (χ4v) is 5.50. The summed E-state index contributed by atoms with van der Waals surface area (Å²) in [6, 6.07) is 21.7. The number of hydrogen-bond acceptors (Lipinski definition) is 7. The number of hydrazone groups is 1. The average Bonchev–Trinajstić information content (AvgIpc) is 3.49. The molecule has 2 aliphatic rings. The molecule has 42 heavy (non-hydrogen) atoms. The van der Waals surface area contributed by atoms with Crippen LogP contribution in [0.4, 0.5) is 0 Å². The van der Waals surface area contributed by atoms with Crippen LogP contribution in [0.2, 0.25) is 5.02 Å². The zero-order chi connectivity index (χ0) is 29.5. The molecule has 10 heteroatoms. The third-order valence-electron chi connectivity index (χ3n) is 7.57. The van der Waals surface area contributed by atoms with Gasteiger partial charge in [-0.3, -0.25) is 14.5 Å². The molecular weight excluding hydrogens is 556 g/mol. The van der Waals surface area contributed by atoms with Gasteiger partial charge in [0.1, 0.15) is 18.0 Å². The lowest BCUT2D eigenvalue weighted by Crippen LogP contribution is -2.46. The molecule has 0 saturated carbocycles. The Morgan fingerprint density at radius 1 is 1.00 bits per heavy atom. The normalized spacial score (nSPS) is 17.1. The van der Waals surface area contributed by atoms with Crippen molar-refractivity contribution in [3.05, 3.63) is 94.5 Å². The molecule has 0 bridgehead atoms. The second-order valence-electron chi connectivity index (χ2n) is 10.1. The van der Waals surface area contributed by atoms with Gasteiger partial charge < -0.3 is 19.1 Å². The van der Waals surface area contributed by atoms with Gasteiger partial charge in [-0.25, -0.2) is 5.01 Å². The van der Waals surface area contributed by atoms with E-state index in [-0.39, 0.29) is 18.4 Å². The number of rotatable bonds is 10. The zero-order valence-corrected chi connectivity index (χ0v) is 24.6. The van der Waals surface area contributed by atoms with E-state index in [1.54, 1.807) is 43.4 Å². The van der Waals surface area contributed by atoms with Crippen LogP contribution in [0.5, 0.6) is 11.5 Å². The molecule has 1 fully saturated rings. The molecule has 3 aromatic carbocycles. The lowest BCUT2D eigenvalue weighted by Gasteiger charge is -2.31. The van der Waals surface area contributed by atoms with E-state index in [9.17, 15) is 9.59 Å². The van der Waals surface area contributed by atoms with Gasteiger partial charge in [-0.05, 0) is 30.3 Å². The number of benzene rings is 3. The van der Waals surface area contributed by atoms with Crippen LogP contribution in [0.3, 0.4) is 0 Å². The van der Waals surface area contributed by atoms with Crippen molar-refractivity contribution in [2.75, 3.05) is 60.2 Å². The summed E-state index contributed by atoms with van der Waals surface area (Å²) in [4.78, 5) is 31.7. The highest BCUT2D eigenvalue weighted by molar-refractivity contribution is 6.33. The summed E-state index contributed by atoms with van der Waals surface area (Å²) < 4.78 is 16.5. The molecular formula is C32H35ClN4O5. The number of methoxy groups -OCH3 is 2. The molecule has 220 valence electrons. The number of para-hydroxylation sites is 1. The predicted octanol–water partition coefficient (Wildman–Crippen LogP) is 4.51. The van der Waals surface area contributed by atoms with Crippen LogP contribution in [0.15, 0.2) is 77.9 Å². The Bertz CT molecular complexity index is 1440. The Balaban J connectivity index is 1.45. The third-order valence-corrected chi connectivity index (χ3v) is 7.90. The summed E-state index contributed by atoms with van der Waals surface area (Å²) in [6.45, 7) is 3.66. The molecule has 0 aliphatic carbocycles. The van der Waals surface area contributed by atoms with E-state index in [0.29, 0.717) is 54.8 Å². The molecule has 0 N–H and O–H groups in total. The van der Waals surface area contributed by atoms with E-state index in [1.807, 2.05) is 48.5 Å². The van der Waals surface area contributed by atoms with Crippen molar-refractivity contribution in [1.29, 1.82) is 0 Å². The highest BCUT2D eigenvalue weighted by atomic mass is 35.5. The monoisotopic (exact) mass is 590 g/mol. The fraction of sp³-hybridized carbons (Fsp3) is 0.344. The predicted molar refractivity (Wildman–Crippen MR) is 161 cm³/mol. The molecule has 0 spiro atoms. The summed E-state index contributed by atoms with van der Waals surface area (Å²) in [6.07, 6.45) is 0.478. The molecule has 3 aromatic rings. The van der Waals surface area contributed by atoms with Crippen molar-refractivity contribution >= 4 is 29.1 Å². The standard InChI is InChI=1S/C32H35ClN4O5/c1-40-24-9-7-8-23(20-24)28-21-29(26-11-4-6-13-30(26)41-2)37(34-28)31(38)22-36(15-14-35-16-18-42-19-17-35)32(39)25-10-3-5-12-27(25)33/h3-13,20,29H,14-19,21-22H2,1-2H3/t29-/m0/s1. The highest BCUT2D eigenvalue weighted by Gasteiger charge is 2.36. The van der Waals surface area contributed by atoms with Gasteiger partial charge in [0, 0.05) is 43.7 Å². The van der Waals surface area contributed by atoms with Gasteiger partial charge in [-0.15, -0.1) is 0 Å². The number of nitrogens with zero attached hydrogens (tertiary/aromatic N) is 4. The van der Waals surface area contributed by atoms with Crippen LogP contribution in [0.25, 0.3) is 0 Å². The summed E-state index contributed by atoms with van der Waals surface area (Å²) >= 11 is 6.41. The number of hydrogen-bond donors (Lipinski definition) is 0. The topological polar surface area (TPSA) is 83.9 Å². The molecule has 0 aromatic heterocycles. The number of ether oxygens (including phenoxy) is 3. The van der Waals surface area contributed by atoms with Crippen LogP contribution in [0.1, 0.15) is 33.9 Å². The van der Waals surface area contributed by atoms with E-state index in [0.717, 1.165) is 29.9 Å². The van der Waals surface area contributed by atoms with Crippen LogP contribution < -0.4 is 9.47 Å². The van der Waals surface area contributed by atoms with E-state index < -0.39 is 6.04 Å². The summed E-state index contributed by atoms with van der Waals surface area (Å²) in [5, 5.41) is 6.66. The van der Waals surface area contributed by atoms with Gasteiger partial charge in [-0.2, -0.15) is 5.10 Å². The van der Waals surface area contributed by atoms with Crippen molar-refractivity contribution in [1.82, 2.24) is 14.8 Å². The SMILES string of the molecule is COc1cccc(C2=NN(C(=O)CN(CCN3CCOCC3)C(=O)c3ccccc3Cl)[C@H](c3ccccc3OC)C2)c1. The molecule has 1 atom stereocenters. The van der Waals surface area contributed by atoms with Gasteiger partial charge in [0.05, 0.1) is 49.8 Å². The largest absolute Gasteiger partial charge is 0.497 e. The van der Waals surface area contributed by atoms with E-state index in [4.69, 9.17) is 30.9 Å². The number of morpholine rings is 1. The second kappa shape index (κ2) is 13.8. The molecule has 2 aliphatic heterocycles. The van der Waals surface area contributed by atoms with E-state index in [1.165, 1.54) is 5.01 Å². The minimum absolute atomic E-state index is 0.158. The molecule has 0 unspecified atom stereocenters. The van der Waals surface area contributed by atoms with Crippen LogP contribution >= 0.6 is 11.6 Å². The fourth-order valence-electron chi connectivity index (χ4n) is 5.28. The highest BCUT2D eigenvalue weighted by Crippen LogP contribution is 2.38. The van der Waals surface area contributed by atoms with Crippen LogP contribution in [0, 0.1) is 0 Å². The maximum atomic E-state index is 14.1. The van der Waals surface area contributed by atoms with Crippen LogP contribution in [-0.4, -0.2) is 92.5 Å². The first-order valence-corrected chi connectivity index (χ1v) is 14.4. The van der Waals surface area contributed by atoms with Gasteiger partial charge in [0.25, 0.3) is 11.8 Å². The Morgan fingerprint density at radius 2 is 1.76 bits per heavy atom. The lowest BCUT2D eigenvalue weighted by atomic mass is 9.97. The molecule has 9 nitrogen and oxygen atoms in total. The minimum atomic E-state index is -0.411. The number of carbonyl (C=O) groups is 2. The van der Waals surface area contributed by atoms with E-state index >= 15 is 0 Å². The second-order valence-corrected chi connectivity index (χ2v) is 10.5. The van der Waals surface area contributed by atoms with Crippen molar-refractivity contribution in [3.8, 4) is 11.5 Å². The lowest BCUT2D eigenvalue weighted by molar-refractivity contribution is -0.133. The minimum Gasteiger partial charge on any atom is -0.497 e. The Kier molecular flexibility index (Phi) is 9.74. The van der Waals surface area contributed by atoms with Crippen molar-refractivity contribution in [3.63, 3.8) is 0 Å². The number of halogens is 1. The van der Waals surface area contributed by atoms with E-state index in [2.05, 4.69) is 4.90 Å². The maximum Gasteiger partial charge on any atom is 0.262 e. The summed E-state index contributed by atoms with van der Waals surface area (Å²) in [5.41, 5.74) is 2.81. The van der Waals surface area contributed by atoms with Gasteiger partial charge in [0.15, 0.2) is 0 Å². The quantitative estimate of drug-likeness (QED) is 0.346. The van der Waals surface area contributed by atoms with Gasteiger partial charge in [0.2, 0.25) is 0 Å². The Labute approximate surface area is 251 Å². The van der Waals surface area contributed by atoms with Gasteiger partial charge in [-0.1, -0.05) is 54.1 Å². The first-order chi connectivity index (χ1) is 20.5. The van der Waals surface area contributed by atoms with Crippen molar-refractivity contribution in [2.45, 2.75) is 12.5 Å². The Morgan fingerprint density at radius 3 is 2.52 bits per heavy atom. The number of carbonyl (C=O) groups excluding carboxylic acids is 2. The van der Waals surface area contributed by atoms with Crippen molar-refractivity contribution in [2.24, 2.45) is 5.10 Å². The first kappa shape index (κ1) is 29.6. The van der Waals surface area contributed by atoms with Crippen molar-refractivity contribution < 1.29 is 23.8 Å². The molecule has 2 heterocycles. The molecule has 0 radical (unpaired) electrons. The molecule has 5 rings (SSSR count). The van der Waals surface area contributed by atoms with Gasteiger partial charge >= 0.3 is 0 Å². The van der Waals surface area contributed by atoms with Crippen LogP contribution in [-0.2, 0) is 9.53 Å². The third kappa shape index (κ3) is 6.75. The first-order valence-electron chi connectivity index (χ1n) is 14.0. The summed E-state index contributed by atoms with van der Waals surface area (Å²) in [7, 11) is 3.23. The average molecular weight is 591 g/mol. The smallest absolute Gasteiger partial charge is 0.262 e.